The Labute approximate surface area is 131 Å². The van der Waals surface area contributed by atoms with Crippen LogP contribution in [0, 0.1) is 11.8 Å². The lowest BCUT2D eigenvalue weighted by Gasteiger charge is -2.34. The molecule has 5 heteroatoms. The molecule has 0 aromatic heterocycles. The van der Waals surface area contributed by atoms with Crippen LogP contribution in [0.2, 0.25) is 0 Å². The van der Waals surface area contributed by atoms with Crippen molar-refractivity contribution in [3.05, 3.63) is 18.2 Å². The van der Waals surface area contributed by atoms with Crippen LogP contribution in [0.1, 0.15) is 20.3 Å². The second-order valence-electron chi connectivity index (χ2n) is 6.55. The van der Waals surface area contributed by atoms with E-state index in [1.165, 1.54) is 6.42 Å². The maximum absolute atomic E-state index is 12.2. The van der Waals surface area contributed by atoms with Gasteiger partial charge in [-0.15, -0.1) is 0 Å². The Hall–Kier alpha value is -1.75. The molecule has 0 saturated carbocycles. The van der Waals surface area contributed by atoms with Gasteiger partial charge < -0.3 is 14.8 Å². The lowest BCUT2D eigenvalue weighted by molar-refractivity contribution is -0.117. The highest BCUT2D eigenvalue weighted by atomic mass is 16.6. The minimum Gasteiger partial charge on any atom is -0.486 e. The Balaban J connectivity index is 1.57. The summed E-state index contributed by atoms with van der Waals surface area (Å²) in [4.78, 5) is 14.5. The van der Waals surface area contributed by atoms with Crippen molar-refractivity contribution in [3.63, 3.8) is 0 Å². The van der Waals surface area contributed by atoms with Gasteiger partial charge in [0, 0.05) is 24.8 Å². The molecule has 1 amide bonds. The maximum atomic E-state index is 12.2. The maximum Gasteiger partial charge on any atom is 0.238 e. The average molecular weight is 304 g/mol. The van der Waals surface area contributed by atoms with E-state index in [0.717, 1.165) is 24.5 Å². The summed E-state index contributed by atoms with van der Waals surface area (Å²) in [5.41, 5.74) is 0.757. The summed E-state index contributed by atoms with van der Waals surface area (Å²) in [5.74, 6) is 2.78. The molecule has 3 rings (SSSR count). The van der Waals surface area contributed by atoms with E-state index in [4.69, 9.17) is 9.47 Å². The van der Waals surface area contributed by atoms with Crippen molar-refractivity contribution in [2.45, 2.75) is 20.3 Å². The number of nitrogens with one attached hydrogen (secondary N) is 1. The first kappa shape index (κ1) is 15.2. The number of fused-ring (bicyclic) bond motifs is 1. The van der Waals surface area contributed by atoms with Crippen LogP contribution in [0.25, 0.3) is 0 Å². The first-order valence-corrected chi connectivity index (χ1v) is 8.02. The van der Waals surface area contributed by atoms with Gasteiger partial charge in [-0.25, -0.2) is 0 Å². The third-order valence-corrected chi connectivity index (χ3v) is 4.14. The van der Waals surface area contributed by atoms with Crippen LogP contribution in [-0.4, -0.2) is 43.7 Å². The van der Waals surface area contributed by atoms with E-state index in [9.17, 15) is 4.79 Å². The summed E-state index contributed by atoms with van der Waals surface area (Å²) in [7, 11) is 0. The van der Waals surface area contributed by atoms with Crippen LogP contribution in [0.15, 0.2) is 18.2 Å². The Morgan fingerprint density at radius 1 is 1.18 bits per heavy atom. The van der Waals surface area contributed by atoms with Crippen molar-refractivity contribution >= 4 is 11.6 Å². The number of carbonyl (C=O) groups excluding carboxylic acids is 1. The van der Waals surface area contributed by atoms with Crippen LogP contribution in [0.3, 0.4) is 0 Å². The fourth-order valence-electron chi connectivity index (χ4n) is 3.45. The third-order valence-electron chi connectivity index (χ3n) is 4.14. The highest BCUT2D eigenvalue weighted by molar-refractivity contribution is 5.92. The molecule has 0 spiro atoms. The Morgan fingerprint density at radius 2 is 1.86 bits per heavy atom. The van der Waals surface area contributed by atoms with Crippen LogP contribution >= 0.6 is 0 Å². The molecule has 5 nitrogen and oxygen atoms in total. The van der Waals surface area contributed by atoms with Crippen LogP contribution in [0.4, 0.5) is 5.69 Å². The van der Waals surface area contributed by atoms with Crippen molar-refractivity contribution in [1.82, 2.24) is 4.90 Å². The molecule has 1 N–H and O–H groups in total. The fourth-order valence-corrected chi connectivity index (χ4v) is 3.45. The van der Waals surface area contributed by atoms with E-state index in [1.54, 1.807) is 0 Å². The van der Waals surface area contributed by atoms with Crippen molar-refractivity contribution in [1.29, 1.82) is 0 Å². The van der Waals surface area contributed by atoms with Gasteiger partial charge in [0.25, 0.3) is 0 Å². The lowest BCUT2D eigenvalue weighted by Crippen LogP contribution is -2.42. The Kier molecular flexibility index (Phi) is 4.52. The smallest absolute Gasteiger partial charge is 0.238 e. The second-order valence-corrected chi connectivity index (χ2v) is 6.55. The predicted molar refractivity (Wildman–Crippen MR) is 85.4 cm³/mol. The lowest BCUT2D eigenvalue weighted by atomic mass is 9.92. The fraction of sp³-hybridized carbons (Fsp3) is 0.588. The molecule has 2 atom stereocenters. The quantitative estimate of drug-likeness (QED) is 0.931. The molecule has 1 saturated heterocycles. The van der Waals surface area contributed by atoms with Crippen LogP contribution in [0.5, 0.6) is 11.5 Å². The van der Waals surface area contributed by atoms with Crippen molar-refractivity contribution in [3.8, 4) is 11.5 Å². The number of rotatable bonds is 3. The molecule has 2 heterocycles. The highest BCUT2D eigenvalue weighted by Crippen LogP contribution is 2.32. The number of nitrogens with zero attached hydrogens (tertiary/aromatic N) is 1. The zero-order valence-corrected chi connectivity index (χ0v) is 13.3. The second kappa shape index (κ2) is 6.57. The van der Waals surface area contributed by atoms with Crippen LogP contribution in [-0.2, 0) is 4.79 Å². The molecule has 22 heavy (non-hydrogen) atoms. The van der Waals surface area contributed by atoms with E-state index in [1.807, 2.05) is 18.2 Å². The van der Waals surface area contributed by atoms with Gasteiger partial charge in [0.05, 0.1) is 6.54 Å². The standard InChI is InChI=1S/C17H24N2O3/c1-12-7-13(2)10-19(9-12)11-17(20)18-14-3-4-15-16(8-14)22-6-5-21-15/h3-4,8,12-13H,5-7,9-11H2,1-2H3,(H,18,20)/t12-,13-/m0/s1. The molecule has 1 aromatic rings. The van der Waals surface area contributed by atoms with Gasteiger partial charge in [0.1, 0.15) is 13.2 Å². The number of anilines is 1. The molecule has 1 aromatic carbocycles. The average Bonchev–Trinajstić information content (AvgIpc) is 2.45. The number of hydrogen-bond donors (Lipinski definition) is 1. The van der Waals surface area contributed by atoms with Crippen molar-refractivity contribution in [2.75, 3.05) is 38.2 Å². The molecule has 2 aliphatic rings. The van der Waals surface area contributed by atoms with Gasteiger partial charge in [-0.3, -0.25) is 9.69 Å². The van der Waals surface area contributed by atoms with Crippen LogP contribution < -0.4 is 14.8 Å². The Morgan fingerprint density at radius 3 is 2.59 bits per heavy atom. The molecule has 0 unspecified atom stereocenters. The summed E-state index contributed by atoms with van der Waals surface area (Å²) in [6, 6.07) is 5.52. The highest BCUT2D eigenvalue weighted by Gasteiger charge is 2.23. The molecule has 120 valence electrons. The Bertz CT molecular complexity index is 537. The molecular weight excluding hydrogens is 280 g/mol. The minimum absolute atomic E-state index is 0.0259. The number of ether oxygens (including phenoxy) is 2. The largest absolute Gasteiger partial charge is 0.486 e. The van der Waals surface area contributed by atoms with Gasteiger partial charge in [0.15, 0.2) is 11.5 Å². The molecule has 0 radical (unpaired) electrons. The zero-order valence-electron chi connectivity index (χ0n) is 13.3. The van der Waals surface area contributed by atoms with Gasteiger partial charge in [-0.05, 0) is 30.4 Å². The van der Waals surface area contributed by atoms with E-state index < -0.39 is 0 Å². The van der Waals surface area contributed by atoms with Gasteiger partial charge in [-0.2, -0.15) is 0 Å². The number of amides is 1. The van der Waals surface area contributed by atoms with Gasteiger partial charge in [-0.1, -0.05) is 13.8 Å². The SMILES string of the molecule is C[C@H]1C[C@H](C)CN(CC(=O)Nc2ccc3c(c2)OCCO3)C1. The van der Waals surface area contributed by atoms with Gasteiger partial charge in [0.2, 0.25) is 5.91 Å². The number of likely N-dealkylation sites (tertiary alicyclic amines) is 1. The summed E-state index contributed by atoms with van der Waals surface area (Å²) in [5, 5.41) is 2.95. The summed E-state index contributed by atoms with van der Waals surface area (Å²) < 4.78 is 11.0. The third kappa shape index (κ3) is 3.71. The van der Waals surface area contributed by atoms with Gasteiger partial charge >= 0.3 is 0 Å². The zero-order chi connectivity index (χ0) is 15.5. The van der Waals surface area contributed by atoms with E-state index in [-0.39, 0.29) is 5.91 Å². The van der Waals surface area contributed by atoms with E-state index >= 15 is 0 Å². The summed E-state index contributed by atoms with van der Waals surface area (Å²) in [6.07, 6.45) is 1.25. The molecule has 0 bridgehead atoms. The number of hydrogen-bond acceptors (Lipinski definition) is 4. The molecule has 2 aliphatic heterocycles. The monoisotopic (exact) mass is 304 g/mol. The molecular formula is C17H24N2O3. The number of carbonyl (C=O) groups is 1. The topological polar surface area (TPSA) is 50.8 Å². The molecule has 0 aliphatic carbocycles. The van der Waals surface area contributed by atoms with Crippen molar-refractivity contribution < 1.29 is 14.3 Å². The van der Waals surface area contributed by atoms with E-state index in [2.05, 4.69) is 24.1 Å². The number of piperidine rings is 1. The van der Waals surface area contributed by atoms with Crippen molar-refractivity contribution in [2.24, 2.45) is 11.8 Å². The minimum atomic E-state index is 0.0259. The first-order valence-electron chi connectivity index (χ1n) is 8.02. The predicted octanol–water partition coefficient (Wildman–Crippen LogP) is 2.37. The molecule has 1 fully saturated rings. The first-order chi connectivity index (χ1) is 10.6. The summed E-state index contributed by atoms with van der Waals surface area (Å²) in [6.45, 7) is 8.07. The number of benzene rings is 1. The normalized spacial score (nSPS) is 24.8. The van der Waals surface area contributed by atoms with E-state index in [0.29, 0.717) is 37.3 Å². The summed E-state index contributed by atoms with van der Waals surface area (Å²) >= 11 is 0.